The van der Waals surface area contributed by atoms with E-state index in [0.29, 0.717) is 6.42 Å². The smallest absolute Gasteiger partial charge is 0.162 e. The van der Waals surface area contributed by atoms with Gasteiger partial charge in [-0.25, -0.2) is 4.98 Å². The molecule has 2 nitrogen and oxygen atoms in total. The number of carbonyl (C=O) groups is 1. The van der Waals surface area contributed by atoms with E-state index in [1.807, 2.05) is 37.4 Å². The molecule has 0 aliphatic rings. The maximum absolute atomic E-state index is 11.6. The highest BCUT2D eigenvalue weighted by Crippen LogP contribution is 2.26. The molecule has 0 unspecified atom stereocenters. The van der Waals surface area contributed by atoms with Gasteiger partial charge in [-0.3, -0.25) is 4.79 Å². The van der Waals surface area contributed by atoms with Crippen LogP contribution in [0.4, 0.5) is 0 Å². The Morgan fingerprint density at radius 2 is 2.25 bits per heavy atom. The van der Waals surface area contributed by atoms with Gasteiger partial charge in [0.2, 0.25) is 0 Å². The van der Waals surface area contributed by atoms with E-state index in [-0.39, 0.29) is 5.78 Å². The zero-order valence-corrected chi connectivity index (χ0v) is 10.2. The molecule has 0 amide bonds. The lowest BCUT2D eigenvalue weighted by Gasteiger charge is -2.05. The predicted octanol–water partition coefficient (Wildman–Crippen LogP) is 3.71. The van der Waals surface area contributed by atoms with Crippen LogP contribution in [0.1, 0.15) is 29.3 Å². The van der Waals surface area contributed by atoms with Gasteiger partial charge < -0.3 is 0 Å². The SMILES string of the molecule is CCC(=O)c1ccc(C)c(-c2nccs2)c1. The monoisotopic (exact) mass is 231 g/mol. The first-order valence-corrected chi connectivity index (χ1v) is 6.14. The Kier molecular flexibility index (Phi) is 3.15. The molecule has 1 heterocycles. The zero-order chi connectivity index (χ0) is 11.5. The Morgan fingerprint density at radius 3 is 2.88 bits per heavy atom. The molecule has 0 radical (unpaired) electrons. The van der Waals surface area contributed by atoms with E-state index in [9.17, 15) is 4.79 Å². The van der Waals surface area contributed by atoms with Crippen LogP contribution in [0.25, 0.3) is 10.6 Å². The van der Waals surface area contributed by atoms with E-state index < -0.39 is 0 Å². The van der Waals surface area contributed by atoms with Crippen LogP contribution in [0.15, 0.2) is 29.8 Å². The minimum atomic E-state index is 0.179. The lowest BCUT2D eigenvalue weighted by Crippen LogP contribution is -1.97. The normalized spacial score (nSPS) is 10.4. The summed E-state index contributed by atoms with van der Waals surface area (Å²) < 4.78 is 0. The van der Waals surface area contributed by atoms with E-state index >= 15 is 0 Å². The Balaban J connectivity index is 2.49. The standard InChI is InChI=1S/C13H13NOS/c1-3-12(15)10-5-4-9(2)11(8-10)13-14-6-7-16-13/h4-8H,3H2,1-2H3. The van der Waals surface area contributed by atoms with Gasteiger partial charge in [0.05, 0.1) is 0 Å². The summed E-state index contributed by atoms with van der Waals surface area (Å²) in [5.74, 6) is 0.179. The fraction of sp³-hybridized carbons (Fsp3) is 0.231. The van der Waals surface area contributed by atoms with Crippen LogP contribution in [0, 0.1) is 6.92 Å². The van der Waals surface area contributed by atoms with Crippen molar-refractivity contribution in [2.24, 2.45) is 0 Å². The molecular weight excluding hydrogens is 218 g/mol. The molecule has 2 rings (SSSR count). The summed E-state index contributed by atoms with van der Waals surface area (Å²) in [5, 5.41) is 2.92. The third kappa shape index (κ3) is 2.04. The Hall–Kier alpha value is -1.48. The highest BCUT2D eigenvalue weighted by molar-refractivity contribution is 7.13. The van der Waals surface area contributed by atoms with Gasteiger partial charge in [-0.15, -0.1) is 11.3 Å². The molecule has 82 valence electrons. The molecule has 0 fully saturated rings. The van der Waals surface area contributed by atoms with Crippen LogP contribution >= 0.6 is 11.3 Å². The van der Waals surface area contributed by atoms with Crippen molar-refractivity contribution in [1.29, 1.82) is 0 Å². The molecule has 0 aliphatic heterocycles. The van der Waals surface area contributed by atoms with E-state index in [2.05, 4.69) is 4.98 Å². The third-order valence-corrected chi connectivity index (χ3v) is 3.35. The second-order valence-electron chi connectivity index (χ2n) is 3.64. The molecule has 0 atom stereocenters. The minimum Gasteiger partial charge on any atom is -0.294 e. The van der Waals surface area contributed by atoms with Crippen molar-refractivity contribution in [2.75, 3.05) is 0 Å². The third-order valence-electron chi connectivity index (χ3n) is 2.54. The average Bonchev–Trinajstić information content (AvgIpc) is 2.82. The molecule has 0 N–H and O–H groups in total. The number of thiazole rings is 1. The molecule has 16 heavy (non-hydrogen) atoms. The van der Waals surface area contributed by atoms with Crippen LogP contribution in [0.3, 0.4) is 0 Å². The summed E-state index contributed by atoms with van der Waals surface area (Å²) in [5.41, 5.74) is 3.00. The summed E-state index contributed by atoms with van der Waals surface area (Å²) in [7, 11) is 0. The first-order chi connectivity index (χ1) is 7.72. The minimum absolute atomic E-state index is 0.179. The summed E-state index contributed by atoms with van der Waals surface area (Å²) in [6, 6.07) is 5.82. The van der Waals surface area contributed by atoms with E-state index in [1.54, 1.807) is 17.5 Å². The summed E-state index contributed by atoms with van der Waals surface area (Å²) in [4.78, 5) is 15.9. The molecule has 1 aromatic heterocycles. The zero-order valence-electron chi connectivity index (χ0n) is 9.36. The van der Waals surface area contributed by atoms with E-state index in [0.717, 1.165) is 21.7 Å². The summed E-state index contributed by atoms with van der Waals surface area (Å²) in [6.07, 6.45) is 2.33. The second kappa shape index (κ2) is 4.58. The number of Topliss-reactive ketones (excluding diaryl/α,β-unsaturated/α-hetero) is 1. The van der Waals surface area contributed by atoms with Crippen LogP contribution in [0.5, 0.6) is 0 Å². The van der Waals surface area contributed by atoms with Gasteiger partial charge in [-0.2, -0.15) is 0 Å². The highest BCUT2D eigenvalue weighted by atomic mass is 32.1. The van der Waals surface area contributed by atoms with Gasteiger partial charge in [-0.05, 0) is 18.6 Å². The number of hydrogen-bond acceptors (Lipinski definition) is 3. The lowest BCUT2D eigenvalue weighted by atomic mass is 10.0. The van der Waals surface area contributed by atoms with Crippen molar-refractivity contribution >= 4 is 17.1 Å². The van der Waals surface area contributed by atoms with Crippen LogP contribution in [-0.4, -0.2) is 10.8 Å². The predicted molar refractivity (Wildman–Crippen MR) is 66.9 cm³/mol. The molecule has 1 aromatic carbocycles. The first kappa shape index (κ1) is 11.0. The van der Waals surface area contributed by atoms with Crippen LogP contribution < -0.4 is 0 Å². The van der Waals surface area contributed by atoms with Gasteiger partial charge in [0.1, 0.15) is 5.01 Å². The summed E-state index contributed by atoms with van der Waals surface area (Å²) in [6.45, 7) is 3.92. The van der Waals surface area contributed by atoms with Crippen molar-refractivity contribution in [3.05, 3.63) is 40.9 Å². The number of nitrogens with zero attached hydrogens (tertiary/aromatic N) is 1. The van der Waals surface area contributed by atoms with E-state index in [4.69, 9.17) is 0 Å². The highest BCUT2D eigenvalue weighted by Gasteiger charge is 2.09. The number of benzene rings is 1. The molecule has 0 spiro atoms. The number of carbonyl (C=O) groups excluding carboxylic acids is 1. The fourth-order valence-electron chi connectivity index (χ4n) is 1.59. The van der Waals surface area contributed by atoms with Crippen molar-refractivity contribution in [2.45, 2.75) is 20.3 Å². The van der Waals surface area contributed by atoms with Crippen LogP contribution in [0.2, 0.25) is 0 Å². The van der Waals surface area contributed by atoms with Crippen molar-refractivity contribution < 1.29 is 4.79 Å². The molecule has 0 saturated carbocycles. The number of aromatic nitrogens is 1. The fourth-order valence-corrected chi connectivity index (χ4v) is 2.31. The topological polar surface area (TPSA) is 30.0 Å². The number of hydrogen-bond donors (Lipinski definition) is 0. The molecule has 0 aliphatic carbocycles. The van der Waals surface area contributed by atoms with Gasteiger partial charge >= 0.3 is 0 Å². The second-order valence-corrected chi connectivity index (χ2v) is 4.54. The van der Waals surface area contributed by atoms with E-state index in [1.165, 1.54) is 0 Å². The largest absolute Gasteiger partial charge is 0.294 e. The average molecular weight is 231 g/mol. The Bertz CT molecular complexity index is 503. The van der Waals surface area contributed by atoms with Crippen molar-refractivity contribution in [1.82, 2.24) is 4.98 Å². The lowest BCUT2D eigenvalue weighted by molar-refractivity contribution is 0.0988. The molecular formula is C13H13NOS. The number of ketones is 1. The summed E-state index contributed by atoms with van der Waals surface area (Å²) >= 11 is 1.60. The Morgan fingerprint density at radius 1 is 1.44 bits per heavy atom. The number of aryl methyl sites for hydroxylation is 1. The quantitative estimate of drug-likeness (QED) is 0.754. The Labute approximate surface area is 99.0 Å². The van der Waals surface area contributed by atoms with Gasteiger partial charge in [-0.1, -0.05) is 19.1 Å². The first-order valence-electron chi connectivity index (χ1n) is 5.26. The van der Waals surface area contributed by atoms with Gasteiger partial charge in [0.25, 0.3) is 0 Å². The molecule has 3 heteroatoms. The van der Waals surface area contributed by atoms with Crippen molar-refractivity contribution in [3.8, 4) is 10.6 Å². The maximum Gasteiger partial charge on any atom is 0.162 e. The number of rotatable bonds is 3. The van der Waals surface area contributed by atoms with Crippen LogP contribution in [-0.2, 0) is 0 Å². The molecule has 0 saturated heterocycles. The van der Waals surface area contributed by atoms with Gasteiger partial charge in [0, 0.05) is 29.1 Å². The molecule has 2 aromatic rings. The van der Waals surface area contributed by atoms with Gasteiger partial charge in [0.15, 0.2) is 5.78 Å². The maximum atomic E-state index is 11.6. The van der Waals surface area contributed by atoms with Crippen molar-refractivity contribution in [3.63, 3.8) is 0 Å². The molecule has 0 bridgehead atoms.